The van der Waals surface area contributed by atoms with Crippen molar-refractivity contribution in [2.24, 2.45) is 0 Å². The van der Waals surface area contributed by atoms with E-state index < -0.39 is 16.1 Å². The van der Waals surface area contributed by atoms with Gasteiger partial charge in [-0.3, -0.25) is 14.5 Å². The Bertz CT molecular complexity index is 1780. The lowest BCUT2D eigenvalue weighted by Gasteiger charge is -2.34. The molecule has 1 aliphatic heterocycles. The van der Waals surface area contributed by atoms with Crippen LogP contribution in [-0.4, -0.2) is 61.4 Å². The number of aryl methyl sites for hydroxylation is 1. The number of amides is 2. The molecular weight excluding hydrogens is 576 g/mol. The van der Waals surface area contributed by atoms with Crippen LogP contribution >= 0.6 is 0 Å². The number of hydrogen-bond acceptors (Lipinski definition) is 6. The maximum absolute atomic E-state index is 13.4. The number of benzene rings is 3. The van der Waals surface area contributed by atoms with Crippen LogP contribution in [0.4, 0.5) is 10.5 Å². The third-order valence-electron chi connectivity index (χ3n) is 8.47. The van der Waals surface area contributed by atoms with Crippen LogP contribution in [0.25, 0.3) is 10.9 Å². The van der Waals surface area contributed by atoms with Gasteiger partial charge in [0.1, 0.15) is 10.6 Å². The number of nitrogens with zero attached hydrogens (tertiary/aromatic N) is 3. The average Bonchev–Trinajstić information content (AvgIpc) is 3.04. The molecule has 2 heterocycles. The number of fused-ring (bicyclic) bond motifs is 1. The van der Waals surface area contributed by atoms with Crippen molar-refractivity contribution in [3.05, 3.63) is 95.7 Å². The Morgan fingerprint density at radius 3 is 2.30 bits per heavy atom. The Balaban J connectivity index is 1.08. The normalized spacial score (nSPS) is 16.1. The van der Waals surface area contributed by atoms with Crippen LogP contribution < -0.4 is 9.46 Å². The number of carbonyl (C=O) groups is 2. The van der Waals surface area contributed by atoms with E-state index in [0.717, 1.165) is 23.8 Å². The standard InChI is InChI=1S/C34H36N4O5S/c1-24-7-5-11-30(21-24)43-34(40)38-19-17-37(18-20-38)33(39)26-13-15-29(16-14-26)36-44(41,42)31-12-6-10-27-22-28(23-35-32(27)31)25-8-3-2-4-9-25/h5-7,10-16,21-23,25,36H,2-4,8-9,17-20H2,1H3. The molecule has 0 bridgehead atoms. The van der Waals surface area contributed by atoms with Gasteiger partial charge in [-0.1, -0.05) is 43.5 Å². The molecule has 2 aliphatic rings. The molecule has 6 rings (SSSR count). The van der Waals surface area contributed by atoms with Crippen molar-refractivity contribution in [3.8, 4) is 5.75 Å². The topological polar surface area (TPSA) is 109 Å². The highest BCUT2D eigenvalue weighted by Crippen LogP contribution is 2.34. The van der Waals surface area contributed by atoms with Gasteiger partial charge in [0, 0.05) is 49.0 Å². The lowest BCUT2D eigenvalue weighted by molar-refractivity contribution is 0.0633. The van der Waals surface area contributed by atoms with Crippen molar-refractivity contribution in [1.82, 2.24) is 14.8 Å². The molecule has 44 heavy (non-hydrogen) atoms. The number of aromatic nitrogens is 1. The summed E-state index contributed by atoms with van der Waals surface area (Å²) in [5, 5.41) is 0.806. The van der Waals surface area contributed by atoms with Crippen LogP contribution in [0.2, 0.25) is 0 Å². The first-order valence-corrected chi connectivity index (χ1v) is 16.6. The zero-order valence-corrected chi connectivity index (χ0v) is 25.6. The monoisotopic (exact) mass is 612 g/mol. The van der Waals surface area contributed by atoms with Crippen molar-refractivity contribution in [1.29, 1.82) is 0 Å². The van der Waals surface area contributed by atoms with Crippen molar-refractivity contribution < 1.29 is 22.7 Å². The fourth-order valence-corrected chi connectivity index (χ4v) is 7.27. The predicted molar refractivity (Wildman–Crippen MR) is 169 cm³/mol. The first kappa shape index (κ1) is 29.6. The summed E-state index contributed by atoms with van der Waals surface area (Å²) in [5.74, 6) is 0.785. The second-order valence-corrected chi connectivity index (χ2v) is 13.2. The van der Waals surface area contributed by atoms with E-state index in [1.54, 1.807) is 58.3 Å². The molecule has 2 fully saturated rings. The SMILES string of the molecule is Cc1cccc(OC(=O)N2CCN(C(=O)c3ccc(NS(=O)(=O)c4cccc5cc(C6CCCCC6)cnc45)cc3)CC2)c1. The average molecular weight is 613 g/mol. The molecule has 1 N–H and O–H groups in total. The van der Waals surface area contributed by atoms with Crippen molar-refractivity contribution in [3.63, 3.8) is 0 Å². The first-order chi connectivity index (χ1) is 21.3. The van der Waals surface area contributed by atoms with Crippen molar-refractivity contribution in [2.75, 3.05) is 30.9 Å². The molecule has 3 aromatic carbocycles. The molecule has 228 valence electrons. The number of para-hydroxylation sites is 1. The summed E-state index contributed by atoms with van der Waals surface area (Å²) >= 11 is 0. The quantitative estimate of drug-likeness (QED) is 0.272. The minimum Gasteiger partial charge on any atom is -0.410 e. The van der Waals surface area contributed by atoms with E-state index in [1.807, 2.05) is 31.3 Å². The van der Waals surface area contributed by atoms with Gasteiger partial charge in [-0.15, -0.1) is 0 Å². The van der Waals surface area contributed by atoms with Crippen molar-refractivity contribution in [2.45, 2.75) is 49.8 Å². The van der Waals surface area contributed by atoms with Gasteiger partial charge in [-0.05, 0) is 85.3 Å². The molecule has 0 radical (unpaired) electrons. The Hall–Kier alpha value is -4.44. The Kier molecular flexibility index (Phi) is 8.52. The van der Waals surface area contributed by atoms with Crippen molar-refractivity contribution >= 4 is 38.6 Å². The van der Waals surface area contributed by atoms with Crippen LogP contribution in [0.3, 0.4) is 0 Å². The molecule has 0 unspecified atom stereocenters. The largest absolute Gasteiger partial charge is 0.415 e. The summed E-state index contributed by atoms with van der Waals surface area (Å²) in [6.07, 6.45) is 7.37. The smallest absolute Gasteiger partial charge is 0.410 e. The third kappa shape index (κ3) is 6.55. The molecule has 10 heteroatoms. The zero-order valence-electron chi connectivity index (χ0n) is 24.7. The second-order valence-electron chi connectivity index (χ2n) is 11.6. The number of ether oxygens (including phenoxy) is 1. The van der Waals surface area contributed by atoms with Gasteiger partial charge in [0.2, 0.25) is 0 Å². The molecule has 2 amide bonds. The number of anilines is 1. The van der Waals surface area contributed by atoms with E-state index in [1.165, 1.54) is 24.8 Å². The summed E-state index contributed by atoms with van der Waals surface area (Å²) in [6, 6.07) is 21.0. The maximum Gasteiger partial charge on any atom is 0.415 e. The first-order valence-electron chi connectivity index (χ1n) is 15.1. The maximum atomic E-state index is 13.4. The lowest BCUT2D eigenvalue weighted by atomic mass is 9.84. The lowest BCUT2D eigenvalue weighted by Crippen LogP contribution is -2.51. The number of sulfonamides is 1. The highest BCUT2D eigenvalue weighted by Gasteiger charge is 2.26. The summed E-state index contributed by atoms with van der Waals surface area (Å²) in [5.41, 5.74) is 3.39. The van der Waals surface area contributed by atoms with E-state index in [9.17, 15) is 18.0 Å². The van der Waals surface area contributed by atoms with Crippen LogP contribution in [0.5, 0.6) is 5.75 Å². The summed E-state index contributed by atoms with van der Waals surface area (Å²) in [4.78, 5) is 33.7. The number of hydrogen-bond donors (Lipinski definition) is 1. The van der Waals surface area contributed by atoms with Crippen LogP contribution in [-0.2, 0) is 10.0 Å². The molecule has 0 spiro atoms. The molecule has 1 saturated carbocycles. The van der Waals surface area contributed by atoms with Gasteiger partial charge in [0.05, 0.1) is 5.52 Å². The zero-order chi connectivity index (χ0) is 30.7. The number of pyridine rings is 1. The van der Waals surface area contributed by atoms with Gasteiger partial charge < -0.3 is 14.5 Å². The van der Waals surface area contributed by atoms with E-state index in [4.69, 9.17) is 4.74 Å². The molecular formula is C34H36N4O5S. The number of carbonyl (C=O) groups excluding carboxylic acids is 2. The predicted octanol–water partition coefficient (Wildman–Crippen LogP) is 6.35. The molecule has 4 aromatic rings. The van der Waals surface area contributed by atoms with Gasteiger partial charge >= 0.3 is 6.09 Å². The number of piperazine rings is 1. The number of rotatable bonds is 6. The molecule has 1 aliphatic carbocycles. The summed E-state index contributed by atoms with van der Waals surface area (Å²) in [6.45, 7) is 3.38. The van der Waals surface area contributed by atoms with Crippen LogP contribution in [0, 0.1) is 6.92 Å². The Labute approximate surface area is 257 Å². The number of nitrogens with one attached hydrogen (secondary N) is 1. The Morgan fingerprint density at radius 2 is 1.57 bits per heavy atom. The van der Waals surface area contributed by atoms with E-state index >= 15 is 0 Å². The van der Waals surface area contributed by atoms with E-state index in [0.29, 0.717) is 54.6 Å². The van der Waals surface area contributed by atoms with Gasteiger partial charge in [-0.25, -0.2) is 13.2 Å². The summed E-state index contributed by atoms with van der Waals surface area (Å²) < 4.78 is 35.0. The van der Waals surface area contributed by atoms with Gasteiger partial charge in [-0.2, -0.15) is 0 Å². The second kappa shape index (κ2) is 12.7. The highest BCUT2D eigenvalue weighted by atomic mass is 32.2. The highest BCUT2D eigenvalue weighted by molar-refractivity contribution is 7.93. The van der Waals surface area contributed by atoms with Gasteiger partial charge in [0.15, 0.2) is 0 Å². The fraction of sp³-hybridized carbons (Fsp3) is 0.324. The Morgan fingerprint density at radius 1 is 0.864 bits per heavy atom. The van der Waals surface area contributed by atoms with Crippen LogP contribution in [0.15, 0.2) is 83.9 Å². The minimum absolute atomic E-state index is 0.115. The summed E-state index contributed by atoms with van der Waals surface area (Å²) in [7, 11) is -3.93. The third-order valence-corrected chi connectivity index (χ3v) is 9.88. The van der Waals surface area contributed by atoms with E-state index in [-0.39, 0.29) is 10.8 Å². The van der Waals surface area contributed by atoms with Crippen LogP contribution in [0.1, 0.15) is 59.5 Å². The van der Waals surface area contributed by atoms with Gasteiger partial charge in [0.25, 0.3) is 15.9 Å². The molecule has 9 nitrogen and oxygen atoms in total. The minimum atomic E-state index is -3.93. The fourth-order valence-electron chi connectivity index (χ4n) is 6.04. The molecule has 0 atom stereocenters. The van der Waals surface area contributed by atoms with E-state index in [2.05, 4.69) is 15.8 Å². The molecule has 1 aromatic heterocycles. The molecule has 1 saturated heterocycles.